The van der Waals surface area contributed by atoms with Crippen molar-refractivity contribution in [1.82, 2.24) is 20.2 Å². The molecule has 0 spiro atoms. The number of anilines is 2. The van der Waals surface area contributed by atoms with Gasteiger partial charge in [-0.1, -0.05) is 11.8 Å². The van der Waals surface area contributed by atoms with Crippen molar-refractivity contribution in [3.63, 3.8) is 0 Å². The number of nitrogens with one attached hydrogen (secondary N) is 3. The number of benzene rings is 1. The molecule has 0 aliphatic carbocycles. The second-order valence-electron chi connectivity index (χ2n) is 5.71. The number of pyridine rings is 1. The van der Waals surface area contributed by atoms with Crippen LogP contribution in [-0.4, -0.2) is 37.2 Å². The number of rotatable bonds is 6. The summed E-state index contributed by atoms with van der Waals surface area (Å²) in [6.07, 6.45) is 3.36. The molecule has 27 heavy (non-hydrogen) atoms. The van der Waals surface area contributed by atoms with Crippen LogP contribution in [0.5, 0.6) is 0 Å². The highest BCUT2D eigenvalue weighted by molar-refractivity contribution is 8.00. The van der Waals surface area contributed by atoms with Crippen LogP contribution in [-0.2, 0) is 9.59 Å². The van der Waals surface area contributed by atoms with E-state index in [2.05, 4.69) is 30.8 Å². The van der Waals surface area contributed by atoms with E-state index >= 15 is 0 Å². The zero-order valence-electron chi connectivity index (χ0n) is 14.8. The first-order valence-corrected chi connectivity index (χ1v) is 9.07. The van der Waals surface area contributed by atoms with Gasteiger partial charge in [0, 0.05) is 36.3 Å². The Morgan fingerprint density at radius 1 is 1.04 bits per heavy atom. The highest BCUT2D eigenvalue weighted by Gasteiger charge is 2.17. The Morgan fingerprint density at radius 2 is 1.67 bits per heavy atom. The van der Waals surface area contributed by atoms with Gasteiger partial charge in [0.1, 0.15) is 0 Å². The van der Waals surface area contributed by atoms with E-state index in [0.29, 0.717) is 22.4 Å². The van der Waals surface area contributed by atoms with Gasteiger partial charge in [-0.15, -0.1) is 5.10 Å². The van der Waals surface area contributed by atoms with Crippen LogP contribution in [0, 0.1) is 0 Å². The molecule has 138 valence electrons. The first-order valence-electron chi connectivity index (χ1n) is 8.19. The lowest BCUT2D eigenvalue weighted by Crippen LogP contribution is -2.22. The Hall–Kier alpha value is -3.20. The standard InChI is InChI=1S/C18H18N6O2S/c1-11(17(26)21-15-5-3-14(4-6-15)20-12(2)25)27-18-22-16(23-24-18)13-7-9-19-10-8-13/h3-11H,1-2H3,(H,20,25)(H,21,26)(H,22,23,24). The molecule has 0 fully saturated rings. The van der Waals surface area contributed by atoms with Gasteiger partial charge in [-0.05, 0) is 43.3 Å². The lowest BCUT2D eigenvalue weighted by Gasteiger charge is -2.10. The summed E-state index contributed by atoms with van der Waals surface area (Å²) in [5.74, 6) is 0.318. The summed E-state index contributed by atoms with van der Waals surface area (Å²) in [6, 6.07) is 10.6. The minimum Gasteiger partial charge on any atom is -0.326 e. The number of aromatic nitrogens is 4. The Bertz CT molecular complexity index is 927. The Labute approximate surface area is 160 Å². The van der Waals surface area contributed by atoms with E-state index in [1.807, 2.05) is 12.1 Å². The van der Waals surface area contributed by atoms with E-state index in [9.17, 15) is 9.59 Å². The molecule has 8 nitrogen and oxygen atoms in total. The first-order chi connectivity index (χ1) is 13.0. The van der Waals surface area contributed by atoms with E-state index in [0.717, 1.165) is 5.56 Å². The second kappa shape index (κ2) is 8.45. The van der Waals surface area contributed by atoms with Gasteiger partial charge in [-0.2, -0.15) is 0 Å². The molecular formula is C18H18N6O2S. The number of thioether (sulfide) groups is 1. The third kappa shape index (κ3) is 5.14. The van der Waals surface area contributed by atoms with Gasteiger partial charge in [0.15, 0.2) is 5.82 Å². The highest BCUT2D eigenvalue weighted by atomic mass is 32.2. The molecular weight excluding hydrogens is 364 g/mol. The molecule has 3 rings (SSSR count). The van der Waals surface area contributed by atoms with Crippen LogP contribution < -0.4 is 10.6 Å². The first kappa shape index (κ1) is 18.6. The normalized spacial score (nSPS) is 11.6. The Balaban J connectivity index is 1.58. The van der Waals surface area contributed by atoms with Crippen LogP contribution in [0.4, 0.5) is 11.4 Å². The van der Waals surface area contributed by atoms with Crippen molar-refractivity contribution in [2.45, 2.75) is 24.3 Å². The summed E-state index contributed by atoms with van der Waals surface area (Å²) >= 11 is 1.26. The summed E-state index contributed by atoms with van der Waals surface area (Å²) in [5, 5.41) is 12.6. The van der Waals surface area contributed by atoms with E-state index in [1.54, 1.807) is 43.6 Å². The summed E-state index contributed by atoms with van der Waals surface area (Å²) < 4.78 is 0. The number of carbonyl (C=O) groups excluding carboxylic acids is 2. The molecule has 2 aromatic heterocycles. The molecule has 2 heterocycles. The minimum absolute atomic E-state index is 0.144. The number of hydrogen-bond donors (Lipinski definition) is 3. The van der Waals surface area contributed by atoms with Crippen LogP contribution in [0.1, 0.15) is 13.8 Å². The molecule has 3 N–H and O–H groups in total. The fourth-order valence-corrected chi connectivity index (χ4v) is 2.96. The van der Waals surface area contributed by atoms with Crippen LogP contribution in [0.2, 0.25) is 0 Å². The Morgan fingerprint density at radius 3 is 2.30 bits per heavy atom. The molecule has 0 saturated carbocycles. The van der Waals surface area contributed by atoms with Crippen LogP contribution in [0.3, 0.4) is 0 Å². The number of aromatic amines is 1. The van der Waals surface area contributed by atoms with Crippen molar-refractivity contribution in [1.29, 1.82) is 0 Å². The summed E-state index contributed by atoms with van der Waals surface area (Å²) in [6.45, 7) is 3.23. The Kier molecular flexibility index (Phi) is 5.82. The van der Waals surface area contributed by atoms with E-state index in [-0.39, 0.29) is 17.1 Å². The van der Waals surface area contributed by atoms with E-state index in [4.69, 9.17) is 0 Å². The van der Waals surface area contributed by atoms with Crippen molar-refractivity contribution >= 4 is 35.0 Å². The van der Waals surface area contributed by atoms with Gasteiger partial charge in [-0.3, -0.25) is 19.7 Å². The molecule has 1 atom stereocenters. The van der Waals surface area contributed by atoms with Gasteiger partial charge in [-0.25, -0.2) is 4.98 Å². The molecule has 1 aromatic carbocycles. The van der Waals surface area contributed by atoms with Gasteiger partial charge >= 0.3 is 0 Å². The lowest BCUT2D eigenvalue weighted by molar-refractivity contribution is -0.115. The van der Waals surface area contributed by atoms with Crippen molar-refractivity contribution in [3.8, 4) is 11.4 Å². The van der Waals surface area contributed by atoms with Crippen molar-refractivity contribution in [2.24, 2.45) is 0 Å². The van der Waals surface area contributed by atoms with Crippen molar-refractivity contribution < 1.29 is 9.59 Å². The van der Waals surface area contributed by atoms with Gasteiger partial charge in [0.05, 0.1) is 5.25 Å². The number of amides is 2. The van der Waals surface area contributed by atoms with E-state index < -0.39 is 0 Å². The van der Waals surface area contributed by atoms with Crippen LogP contribution in [0.15, 0.2) is 53.9 Å². The fourth-order valence-electron chi connectivity index (χ4n) is 2.23. The molecule has 9 heteroatoms. The maximum absolute atomic E-state index is 12.4. The fraction of sp³-hybridized carbons (Fsp3) is 0.167. The quantitative estimate of drug-likeness (QED) is 0.565. The minimum atomic E-state index is -0.388. The lowest BCUT2D eigenvalue weighted by atomic mass is 10.2. The van der Waals surface area contributed by atoms with Crippen molar-refractivity contribution in [2.75, 3.05) is 10.6 Å². The average molecular weight is 382 g/mol. The van der Waals surface area contributed by atoms with E-state index in [1.165, 1.54) is 18.7 Å². The average Bonchev–Trinajstić information content (AvgIpc) is 3.12. The molecule has 0 aliphatic rings. The number of nitrogens with zero attached hydrogens (tertiary/aromatic N) is 3. The second-order valence-corrected chi connectivity index (χ2v) is 7.02. The SMILES string of the molecule is CC(=O)Nc1ccc(NC(=O)C(C)Sc2n[nH]c(-c3ccncc3)n2)cc1. The topological polar surface area (TPSA) is 113 Å². The molecule has 0 aliphatic heterocycles. The smallest absolute Gasteiger partial charge is 0.237 e. The molecule has 0 saturated heterocycles. The highest BCUT2D eigenvalue weighted by Crippen LogP contribution is 2.23. The predicted molar refractivity (Wildman–Crippen MR) is 104 cm³/mol. The molecule has 2 amide bonds. The third-order valence-corrected chi connectivity index (χ3v) is 4.50. The summed E-state index contributed by atoms with van der Waals surface area (Å²) in [7, 11) is 0. The molecule has 0 bridgehead atoms. The molecule has 3 aromatic rings. The van der Waals surface area contributed by atoms with Gasteiger partial charge in [0.25, 0.3) is 0 Å². The predicted octanol–water partition coefficient (Wildman–Crippen LogP) is 2.94. The monoisotopic (exact) mass is 382 g/mol. The summed E-state index contributed by atoms with van der Waals surface area (Å²) in [5.41, 5.74) is 2.20. The van der Waals surface area contributed by atoms with Gasteiger partial charge < -0.3 is 10.6 Å². The van der Waals surface area contributed by atoms with Crippen LogP contribution in [0.25, 0.3) is 11.4 Å². The number of hydrogen-bond acceptors (Lipinski definition) is 6. The zero-order chi connectivity index (χ0) is 19.2. The number of H-pyrrole nitrogens is 1. The number of carbonyl (C=O) groups is 2. The molecule has 0 radical (unpaired) electrons. The zero-order valence-corrected chi connectivity index (χ0v) is 15.6. The van der Waals surface area contributed by atoms with Crippen LogP contribution >= 0.6 is 11.8 Å². The maximum Gasteiger partial charge on any atom is 0.237 e. The summed E-state index contributed by atoms with van der Waals surface area (Å²) in [4.78, 5) is 31.8. The van der Waals surface area contributed by atoms with Gasteiger partial charge in [0.2, 0.25) is 17.0 Å². The largest absolute Gasteiger partial charge is 0.326 e. The van der Waals surface area contributed by atoms with Crippen molar-refractivity contribution in [3.05, 3.63) is 48.8 Å². The maximum atomic E-state index is 12.4. The molecule has 1 unspecified atom stereocenters. The third-order valence-electron chi connectivity index (χ3n) is 3.54.